The van der Waals surface area contributed by atoms with E-state index >= 15 is 0 Å². The molecule has 0 amide bonds. The van der Waals surface area contributed by atoms with Crippen molar-refractivity contribution in [3.63, 3.8) is 0 Å². The molecule has 90 valence electrons. The van der Waals surface area contributed by atoms with E-state index in [2.05, 4.69) is 10.1 Å². The van der Waals surface area contributed by atoms with E-state index in [4.69, 9.17) is 5.11 Å². The van der Waals surface area contributed by atoms with Gasteiger partial charge in [-0.1, -0.05) is 0 Å². The third kappa shape index (κ3) is 1.81. The van der Waals surface area contributed by atoms with Crippen molar-refractivity contribution in [1.82, 2.24) is 14.6 Å². The summed E-state index contributed by atoms with van der Waals surface area (Å²) < 4.78 is 38.8. The van der Waals surface area contributed by atoms with Gasteiger partial charge in [-0.25, -0.2) is 14.3 Å². The normalized spacial score (nSPS) is 12.0. The Bertz CT molecular complexity index is 603. The molecule has 17 heavy (non-hydrogen) atoms. The van der Waals surface area contributed by atoms with Gasteiger partial charge in [0.2, 0.25) is 0 Å². The number of carboxylic acids is 1. The Morgan fingerprint density at radius 1 is 1.47 bits per heavy atom. The molecule has 0 aliphatic carbocycles. The van der Waals surface area contributed by atoms with Crippen LogP contribution in [0.25, 0.3) is 5.65 Å². The molecule has 0 saturated heterocycles. The monoisotopic (exact) mass is 245 g/mol. The fraction of sp³-hybridized carbons (Fsp3) is 0.222. The number of carbonyl (C=O) groups is 1. The van der Waals surface area contributed by atoms with Crippen molar-refractivity contribution in [2.45, 2.75) is 13.1 Å². The lowest BCUT2D eigenvalue weighted by molar-refractivity contribution is -0.143. The second-order valence-corrected chi connectivity index (χ2v) is 3.39. The SMILES string of the molecule is Cc1cnc2cc(C(=O)O)nn2c1C(F)(F)F. The molecule has 5 nitrogen and oxygen atoms in total. The van der Waals surface area contributed by atoms with Gasteiger partial charge < -0.3 is 5.11 Å². The molecule has 2 aromatic rings. The average molecular weight is 245 g/mol. The lowest BCUT2D eigenvalue weighted by atomic mass is 10.2. The summed E-state index contributed by atoms with van der Waals surface area (Å²) in [6.07, 6.45) is -3.58. The molecule has 1 N–H and O–H groups in total. The Hall–Kier alpha value is -2.12. The van der Waals surface area contributed by atoms with Gasteiger partial charge in [0.05, 0.1) is 0 Å². The van der Waals surface area contributed by atoms with Crippen molar-refractivity contribution in [1.29, 1.82) is 0 Å². The van der Waals surface area contributed by atoms with Crippen LogP contribution in [0.5, 0.6) is 0 Å². The molecule has 0 unspecified atom stereocenters. The minimum Gasteiger partial charge on any atom is -0.476 e. The predicted octanol–water partition coefficient (Wildman–Crippen LogP) is 1.75. The molecule has 0 radical (unpaired) electrons. The zero-order chi connectivity index (χ0) is 12.8. The Balaban J connectivity index is 2.81. The first-order valence-corrected chi connectivity index (χ1v) is 4.46. The van der Waals surface area contributed by atoms with Crippen molar-refractivity contribution in [3.8, 4) is 0 Å². The molecular formula is C9H6F3N3O2. The Labute approximate surface area is 92.5 Å². The number of rotatable bonds is 1. The van der Waals surface area contributed by atoms with E-state index in [0.29, 0.717) is 4.52 Å². The number of hydrogen-bond acceptors (Lipinski definition) is 3. The summed E-state index contributed by atoms with van der Waals surface area (Å²) in [5.74, 6) is -1.40. The fourth-order valence-corrected chi connectivity index (χ4v) is 1.47. The number of aryl methyl sites for hydroxylation is 1. The minimum absolute atomic E-state index is 0.120. The Morgan fingerprint density at radius 2 is 2.12 bits per heavy atom. The van der Waals surface area contributed by atoms with E-state index in [1.807, 2.05) is 0 Å². The number of carboxylic acid groups (broad SMARTS) is 1. The topological polar surface area (TPSA) is 67.5 Å². The fourth-order valence-electron chi connectivity index (χ4n) is 1.47. The van der Waals surface area contributed by atoms with Crippen molar-refractivity contribution >= 4 is 11.6 Å². The van der Waals surface area contributed by atoms with Gasteiger partial charge >= 0.3 is 12.1 Å². The predicted molar refractivity (Wildman–Crippen MR) is 49.7 cm³/mol. The van der Waals surface area contributed by atoms with Crippen LogP contribution in [0.1, 0.15) is 21.7 Å². The van der Waals surface area contributed by atoms with E-state index < -0.39 is 23.5 Å². The maximum Gasteiger partial charge on any atom is 0.433 e. The van der Waals surface area contributed by atoms with Gasteiger partial charge in [0, 0.05) is 12.3 Å². The summed E-state index contributed by atoms with van der Waals surface area (Å²) in [4.78, 5) is 14.3. The summed E-state index contributed by atoms with van der Waals surface area (Å²) in [6, 6.07) is 0.983. The van der Waals surface area contributed by atoms with E-state index in [-0.39, 0.29) is 11.2 Å². The summed E-state index contributed by atoms with van der Waals surface area (Å²) in [6.45, 7) is 1.23. The summed E-state index contributed by atoms with van der Waals surface area (Å²) >= 11 is 0. The number of fused-ring (bicyclic) bond motifs is 1. The number of alkyl halides is 3. The van der Waals surface area contributed by atoms with Crippen LogP contribution in [0.2, 0.25) is 0 Å². The molecule has 2 heterocycles. The molecule has 0 aliphatic rings. The lowest BCUT2D eigenvalue weighted by Crippen LogP contribution is -2.15. The Kier molecular flexibility index (Phi) is 2.30. The molecule has 0 aliphatic heterocycles. The summed E-state index contributed by atoms with van der Waals surface area (Å²) in [7, 11) is 0. The molecule has 0 bridgehead atoms. The molecule has 0 fully saturated rings. The first kappa shape index (κ1) is 11.4. The van der Waals surface area contributed by atoms with E-state index in [1.54, 1.807) is 0 Å². The van der Waals surface area contributed by atoms with Gasteiger partial charge in [0.25, 0.3) is 0 Å². The quantitative estimate of drug-likeness (QED) is 0.831. The van der Waals surface area contributed by atoms with Crippen molar-refractivity contribution < 1.29 is 23.1 Å². The van der Waals surface area contributed by atoms with E-state index in [9.17, 15) is 18.0 Å². The average Bonchev–Trinajstić information content (AvgIpc) is 2.58. The number of aromatic nitrogens is 3. The molecule has 2 aromatic heterocycles. The van der Waals surface area contributed by atoms with Crippen LogP contribution in [-0.2, 0) is 6.18 Å². The first-order valence-electron chi connectivity index (χ1n) is 4.46. The van der Waals surface area contributed by atoms with Crippen molar-refractivity contribution in [2.75, 3.05) is 0 Å². The molecule has 0 atom stereocenters. The highest BCUT2D eigenvalue weighted by molar-refractivity contribution is 5.86. The van der Waals surface area contributed by atoms with Crippen LogP contribution in [-0.4, -0.2) is 25.7 Å². The van der Waals surface area contributed by atoms with Crippen LogP contribution in [0.4, 0.5) is 13.2 Å². The molecule has 2 rings (SSSR count). The molecule has 8 heteroatoms. The molecule has 0 saturated carbocycles. The number of aromatic carboxylic acids is 1. The van der Waals surface area contributed by atoms with Crippen LogP contribution in [0, 0.1) is 6.92 Å². The highest BCUT2D eigenvalue weighted by Gasteiger charge is 2.36. The van der Waals surface area contributed by atoms with Gasteiger partial charge in [0.15, 0.2) is 17.0 Å². The largest absolute Gasteiger partial charge is 0.476 e. The van der Waals surface area contributed by atoms with Gasteiger partial charge in [-0.3, -0.25) is 0 Å². The summed E-state index contributed by atoms with van der Waals surface area (Å²) in [5, 5.41) is 12.0. The lowest BCUT2D eigenvalue weighted by Gasteiger charge is -2.10. The summed E-state index contributed by atoms with van der Waals surface area (Å²) in [5.41, 5.74) is -1.77. The smallest absolute Gasteiger partial charge is 0.433 e. The zero-order valence-electron chi connectivity index (χ0n) is 8.49. The molecule has 0 aromatic carbocycles. The van der Waals surface area contributed by atoms with Crippen LogP contribution in [0.15, 0.2) is 12.3 Å². The van der Waals surface area contributed by atoms with E-state index in [1.165, 1.54) is 6.92 Å². The van der Waals surface area contributed by atoms with Crippen LogP contribution >= 0.6 is 0 Å². The first-order chi connectivity index (χ1) is 7.80. The standard InChI is InChI=1S/C9H6F3N3O2/c1-4-3-13-6-2-5(8(16)17)14-15(6)7(4)9(10,11)12/h2-3H,1H3,(H,16,17). The van der Waals surface area contributed by atoms with Crippen molar-refractivity contribution in [3.05, 3.63) is 29.2 Å². The second-order valence-electron chi connectivity index (χ2n) is 3.39. The highest BCUT2D eigenvalue weighted by Crippen LogP contribution is 2.31. The number of nitrogens with zero attached hydrogens (tertiary/aromatic N) is 3. The van der Waals surface area contributed by atoms with Crippen molar-refractivity contribution in [2.24, 2.45) is 0 Å². The number of hydrogen-bond donors (Lipinski definition) is 1. The minimum atomic E-state index is -4.62. The molecule has 0 spiro atoms. The molecular weight excluding hydrogens is 239 g/mol. The zero-order valence-corrected chi connectivity index (χ0v) is 8.49. The maximum absolute atomic E-state index is 12.8. The van der Waals surface area contributed by atoms with Gasteiger partial charge in [-0.15, -0.1) is 0 Å². The van der Waals surface area contributed by atoms with Gasteiger partial charge in [-0.2, -0.15) is 18.3 Å². The third-order valence-corrected chi connectivity index (χ3v) is 2.15. The maximum atomic E-state index is 12.8. The van der Waals surface area contributed by atoms with Crippen LogP contribution < -0.4 is 0 Å². The van der Waals surface area contributed by atoms with Crippen LogP contribution in [0.3, 0.4) is 0 Å². The Morgan fingerprint density at radius 3 is 2.65 bits per heavy atom. The highest BCUT2D eigenvalue weighted by atomic mass is 19.4. The second kappa shape index (κ2) is 3.44. The van der Waals surface area contributed by atoms with E-state index in [0.717, 1.165) is 12.3 Å². The van der Waals surface area contributed by atoms with Gasteiger partial charge in [0.1, 0.15) is 0 Å². The number of halogens is 3. The third-order valence-electron chi connectivity index (χ3n) is 2.15. The van der Waals surface area contributed by atoms with Gasteiger partial charge in [-0.05, 0) is 12.5 Å².